The molecule has 0 radical (unpaired) electrons. The van der Waals surface area contributed by atoms with Gasteiger partial charge in [0.05, 0.1) is 0 Å². The van der Waals surface area contributed by atoms with E-state index in [0.29, 0.717) is 11.1 Å². The van der Waals surface area contributed by atoms with E-state index in [-0.39, 0.29) is 6.54 Å². The summed E-state index contributed by atoms with van der Waals surface area (Å²) in [6.07, 6.45) is -4.26. The van der Waals surface area contributed by atoms with Crippen LogP contribution in [0.25, 0.3) is 0 Å². The number of rotatable bonds is 3. The molecule has 0 aliphatic heterocycles. The zero-order valence-corrected chi connectivity index (χ0v) is 9.65. The van der Waals surface area contributed by atoms with Gasteiger partial charge in [-0.05, 0) is 31.5 Å². The molecular weight excluding hydrogens is 215 g/mol. The van der Waals surface area contributed by atoms with Crippen LogP contribution in [0.5, 0.6) is 0 Å². The fourth-order valence-corrected chi connectivity index (χ4v) is 1.68. The molecule has 1 unspecified atom stereocenters. The van der Waals surface area contributed by atoms with E-state index in [1.165, 1.54) is 0 Å². The van der Waals surface area contributed by atoms with Crippen LogP contribution in [-0.4, -0.2) is 12.7 Å². The molecule has 1 nitrogen and oxygen atoms in total. The molecule has 90 valence electrons. The number of alkyl halides is 3. The van der Waals surface area contributed by atoms with Gasteiger partial charge in [-0.15, -0.1) is 0 Å². The summed E-state index contributed by atoms with van der Waals surface area (Å²) < 4.78 is 38.5. The van der Waals surface area contributed by atoms with Gasteiger partial charge >= 0.3 is 6.18 Å². The molecule has 4 heteroatoms. The second-order valence-corrected chi connectivity index (χ2v) is 3.89. The molecule has 1 aromatic rings. The van der Waals surface area contributed by atoms with Gasteiger partial charge in [-0.1, -0.05) is 30.7 Å². The van der Waals surface area contributed by atoms with E-state index < -0.39 is 12.2 Å². The van der Waals surface area contributed by atoms with Gasteiger partial charge in [0.1, 0.15) is 6.04 Å². The summed E-state index contributed by atoms with van der Waals surface area (Å²) in [4.78, 5) is 0. The van der Waals surface area contributed by atoms with Gasteiger partial charge < -0.3 is 5.32 Å². The number of nitrogens with one attached hydrogen (secondary N) is 1. The number of aryl methyl sites for hydroxylation is 2. The fourth-order valence-electron chi connectivity index (χ4n) is 1.68. The Kier molecular flexibility index (Phi) is 3.97. The topological polar surface area (TPSA) is 12.0 Å². The van der Waals surface area contributed by atoms with E-state index in [4.69, 9.17) is 0 Å². The molecule has 1 aromatic carbocycles. The maximum Gasteiger partial charge on any atom is 0.407 e. The minimum Gasteiger partial charge on any atom is -0.303 e. The Morgan fingerprint density at radius 2 is 1.88 bits per heavy atom. The van der Waals surface area contributed by atoms with Crippen LogP contribution in [0.4, 0.5) is 13.2 Å². The molecule has 1 N–H and O–H groups in total. The van der Waals surface area contributed by atoms with Crippen molar-refractivity contribution in [2.75, 3.05) is 6.54 Å². The highest BCUT2D eigenvalue weighted by molar-refractivity contribution is 5.33. The molecule has 0 heterocycles. The molecule has 0 bridgehead atoms. The van der Waals surface area contributed by atoms with Crippen molar-refractivity contribution in [2.45, 2.75) is 33.0 Å². The molecule has 1 atom stereocenters. The average molecular weight is 231 g/mol. The van der Waals surface area contributed by atoms with Crippen molar-refractivity contribution in [1.82, 2.24) is 5.32 Å². The van der Waals surface area contributed by atoms with E-state index in [1.807, 2.05) is 6.07 Å². The second kappa shape index (κ2) is 4.87. The van der Waals surface area contributed by atoms with Crippen LogP contribution < -0.4 is 5.32 Å². The van der Waals surface area contributed by atoms with Crippen LogP contribution in [0.2, 0.25) is 0 Å². The minimum atomic E-state index is -4.26. The maximum absolute atomic E-state index is 12.8. The summed E-state index contributed by atoms with van der Waals surface area (Å²) in [5.74, 6) is 0. The van der Waals surface area contributed by atoms with Crippen molar-refractivity contribution < 1.29 is 13.2 Å². The Bertz CT molecular complexity index is 358. The zero-order chi connectivity index (χ0) is 12.3. The van der Waals surface area contributed by atoms with Gasteiger partial charge in [-0.2, -0.15) is 13.2 Å². The zero-order valence-electron chi connectivity index (χ0n) is 9.65. The normalized spacial score (nSPS) is 13.9. The van der Waals surface area contributed by atoms with Crippen molar-refractivity contribution in [3.8, 4) is 0 Å². The van der Waals surface area contributed by atoms with Gasteiger partial charge in [0.25, 0.3) is 0 Å². The SMILES string of the molecule is CCNC(c1cc(C)ccc1C)C(F)(F)F. The van der Waals surface area contributed by atoms with Crippen molar-refractivity contribution >= 4 is 0 Å². The summed E-state index contributed by atoms with van der Waals surface area (Å²) in [6, 6.07) is 3.56. The number of halogens is 3. The van der Waals surface area contributed by atoms with Crippen LogP contribution in [0.3, 0.4) is 0 Å². The van der Waals surface area contributed by atoms with E-state index in [1.54, 1.807) is 32.9 Å². The Labute approximate surface area is 93.7 Å². The lowest BCUT2D eigenvalue weighted by molar-refractivity contribution is -0.157. The molecule has 1 rings (SSSR count). The molecule has 0 saturated heterocycles. The Morgan fingerprint density at radius 3 is 2.38 bits per heavy atom. The maximum atomic E-state index is 12.8. The Balaban J connectivity index is 3.15. The minimum absolute atomic E-state index is 0.289. The van der Waals surface area contributed by atoms with Crippen molar-refractivity contribution in [1.29, 1.82) is 0 Å². The Hall–Kier alpha value is -1.03. The van der Waals surface area contributed by atoms with Gasteiger partial charge in [-0.3, -0.25) is 0 Å². The van der Waals surface area contributed by atoms with E-state index in [9.17, 15) is 13.2 Å². The highest BCUT2D eigenvalue weighted by atomic mass is 19.4. The van der Waals surface area contributed by atoms with Gasteiger partial charge in [0, 0.05) is 0 Å². The summed E-state index contributed by atoms with van der Waals surface area (Å²) >= 11 is 0. The Morgan fingerprint density at radius 1 is 1.25 bits per heavy atom. The second-order valence-electron chi connectivity index (χ2n) is 3.89. The van der Waals surface area contributed by atoms with Gasteiger partial charge in [0.15, 0.2) is 0 Å². The summed E-state index contributed by atoms with van der Waals surface area (Å²) in [7, 11) is 0. The van der Waals surface area contributed by atoms with Crippen LogP contribution >= 0.6 is 0 Å². The first kappa shape index (κ1) is 13.0. The first-order chi connectivity index (χ1) is 7.36. The molecule has 16 heavy (non-hydrogen) atoms. The van der Waals surface area contributed by atoms with E-state index in [2.05, 4.69) is 5.32 Å². The first-order valence-corrected chi connectivity index (χ1v) is 5.23. The number of hydrogen-bond donors (Lipinski definition) is 1. The number of hydrogen-bond acceptors (Lipinski definition) is 1. The predicted molar refractivity (Wildman–Crippen MR) is 58.4 cm³/mol. The third-order valence-corrected chi connectivity index (χ3v) is 2.48. The van der Waals surface area contributed by atoms with Crippen molar-refractivity contribution in [2.24, 2.45) is 0 Å². The molecule has 0 aliphatic rings. The van der Waals surface area contributed by atoms with Crippen LogP contribution in [0.15, 0.2) is 18.2 Å². The van der Waals surface area contributed by atoms with Crippen molar-refractivity contribution in [3.05, 3.63) is 34.9 Å². The third kappa shape index (κ3) is 2.98. The molecule has 0 saturated carbocycles. The van der Waals surface area contributed by atoms with Crippen LogP contribution in [-0.2, 0) is 0 Å². The summed E-state index contributed by atoms with van der Waals surface area (Å²) in [5, 5.41) is 2.48. The molecule has 0 amide bonds. The molecular formula is C12H16F3N. The molecule has 0 aliphatic carbocycles. The van der Waals surface area contributed by atoms with Gasteiger partial charge in [-0.25, -0.2) is 0 Å². The predicted octanol–water partition coefficient (Wildman–Crippen LogP) is 3.52. The highest BCUT2D eigenvalue weighted by Gasteiger charge is 2.40. The summed E-state index contributed by atoms with van der Waals surface area (Å²) in [6.45, 7) is 5.45. The van der Waals surface area contributed by atoms with Gasteiger partial charge in [0.2, 0.25) is 0 Å². The first-order valence-electron chi connectivity index (χ1n) is 5.23. The fraction of sp³-hybridized carbons (Fsp3) is 0.500. The quantitative estimate of drug-likeness (QED) is 0.839. The van der Waals surface area contributed by atoms with Crippen LogP contribution in [0.1, 0.15) is 29.7 Å². The van der Waals surface area contributed by atoms with E-state index in [0.717, 1.165) is 5.56 Å². The largest absolute Gasteiger partial charge is 0.407 e. The summed E-state index contributed by atoms with van der Waals surface area (Å²) in [5.41, 5.74) is 1.82. The monoisotopic (exact) mass is 231 g/mol. The molecule has 0 fully saturated rings. The average Bonchev–Trinajstić information content (AvgIpc) is 2.17. The highest BCUT2D eigenvalue weighted by Crippen LogP contribution is 2.34. The van der Waals surface area contributed by atoms with E-state index >= 15 is 0 Å². The third-order valence-electron chi connectivity index (χ3n) is 2.48. The standard InChI is InChI=1S/C12H16F3N/c1-4-16-11(12(13,14)15)10-7-8(2)5-6-9(10)3/h5-7,11,16H,4H2,1-3H3. The van der Waals surface area contributed by atoms with Crippen molar-refractivity contribution in [3.63, 3.8) is 0 Å². The lowest BCUT2D eigenvalue weighted by Gasteiger charge is -2.23. The number of benzene rings is 1. The smallest absolute Gasteiger partial charge is 0.303 e. The van der Waals surface area contributed by atoms with Crippen LogP contribution in [0, 0.1) is 13.8 Å². The molecule has 0 spiro atoms. The lowest BCUT2D eigenvalue weighted by Crippen LogP contribution is -2.34. The lowest BCUT2D eigenvalue weighted by atomic mass is 9.98. The molecule has 0 aromatic heterocycles.